The lowest BCUT2D eigenvalue weighted by Crippen LogP contribution is -2.46. The quantitative estimate of drug-likeness (QED) is 0.786. The Labute approximate surface area is 122 Å². The second kappa shape index (κ2) is 4.60. The second-order valence-corrected chi connectivity index (χ2v) is 7.54. The molecule has 2 aromatic carbocycles. The third-order valence-corrected chi connectivity index (χ3v) is 4.73. The molecule has 1 nitrogen and oxygen atoms in total. The minimum atomic E-state index is -0.192. The fraction of sp³-hybridized carbons (Fsp3) is 0.474. The largest absolute Gasteiger partial charge is 0.321 e. The van der Waals surface area contributed by atoms with Crippen LogP contribution in [0.15, 0.2) is 42.5 Å². The van der Waals surface area contributed by atoms with Gasteiger partial charge in [-0.1, -0.05) is 63.2 Å². The maximum absolute atomic E-state index is 6.91. The van der Waals surface area contributed by atoms with Gasteiger partial charge in [0.25, 0.3) is 0 Å². The third-order valence-electron chi connectivity index (χ3n) is 4.73. The minimum absolute atomic E-state index is 0.192. The molecule has 3 rings (SSSR count). The summed E-state index contributed by atoms with van der Waals surface area (Å²) >= 11 is 0. The predicted molar refractivity (Wildman–Crippen MR) is 86.6 cm³/mol. The van der Waals surface area contributed by atoms with E-state index in [2.05, 4.69) is 63.2 Å². The van der Waals surface area contributed by atoms with E-state index in [4.69, 9.17) is 5.73 Å². The standard InChI is InChI=1S/C19H25N/c1-14-11-18(2,3)13-19(20,12-14)17-10-6-8-15-7-4-5-9-16(15)17/h4-10,14H,11-13,20H2,1-3H3. The van der Waals surface area contributed by atoms with E-state index in [0.717, 1.165) is 12.8 Å². The SMILES string of the molecule is CC1CC(C)(C)CC(N)(c2cccc3ccccc23)C1. The maximum Gasteiger partial charge on any atom is 0.0423 e. The number of benzene rings is 2. The molecule has 1 aliphatic carbocycles. The van der Waals surface area contributed by atoms with Gasteiger partial charge in [0.05, 0.1) is 0 Å². The molecule has 0 bridgehead atoms. The van der Waals surface area contributed by atoms with Gasteiger partial charge in [0.15, 0.2) is 0 Å². The first-order chi connectivity index (χ1) is 9.40. The second-order valence-electron chi connectivity index (χ2n) is 7.54. The Bertz CT molecular complexity index is 623. The summed E-state index contributed by atoms with van der Waals surface area (Å²) in [5, 5.41) is 2.62. The molecule has 0 radical (unpaired) electrons. The van der Waals surface area contributed by atoms with Crippen LogP contribution in [0.25, 0.3) is 10.8 Å². The predicted octanol–water partition coefficient (Wildman–Crippen LogP) is 4.84. The maximum atomic E-state index is 6.91. The van der Waals surface area contributed by atoms with Crippen LogP contribution in [0.3, 0.4) is 0 Å². The molecular weight excluding hydrogens is 242 g/mol. The van der Waals surface area contributed by atoms with Crippen molar-refractivity contribution in [2.24, 2.45) is 17.1 Å². The number of fused-ring (bicyclic) bond motifs is 1. The van der Waals surface area contributed by atoms with E-state index in [0.29, 0.717) is 11.3 Å². The Morgan fingerprint density at radius 3 is 2.45 bits per heavy atom. The number of hydrogen-bond acceptors (Lipinski definition) is 1. The van der Waals surface area contributed by atoms with E-state index in [-0.39, 0.29) is 5.54 Å². The van der Waals surface area contributed by atoms with E-state index < -0.39 is 0 Å². The highest BCUT2D eigenvalue weighted by molar-refractivity contribution is 5.86. The molecule has 2 aromatic rings. The molecule has 1 fully saturated rings. The molecule has 0 spiro atoms. The zero-order valence-corrected chi connectivity index (χ0v) is 12.8. The molecule has 2 N–H and O–H groups in total. The van der Waals surface area contributed by atoms with Crippen LogP contribution in [0.4, 0.5) is 0 Å². The molecule has 20 heavy (non-hydrogen) atoms. The Kier molecular flexibility index (Phi) is 3.13. The lowest BCUT2D eigenvalue weighted by molar-refractivity contribution is 0.108. The van der Waals surface area contributed by atoms with Gasteiger partial charge in [-0.15, -0.1) is 0 Å². The van der Waals surface area contributed by atoms with Crippen LogP contribution in [0.2, 0.25) is 0 Å². The summed E-state index contributed by atoms with van der Waals surface area (Å²) in [7, 11) is 0. The van der Waals surface area contributed by atoms with Crippen LogP contribution in [-0.4, -0.2) is 0 Å². The van der Waals surface area contributed by atoms with Crippen molar-refractivity contribution in [3.05, 3.63) is 48.0 Å². The number of nitrogens with two attached hydrogens (primary N) is 1. The van der Waals surface area contributed by atoms with Crippen LogP contribution >= 0.6 is 0 Å². The molecule has 0 heterocycles. The Morgan fingerprint density at radius 1 is 1.00 bits per heavy atom. The number of hydrogen-bond donors (Lipinski definition) is 1. The molecule has 0 amide bonds. The van der Waals surface area contributed by atoms with Gasteiger partial charge >= 0.3 is 0 Å². The summed E-state index contributed by atoms with van der Waals surface area (Å²) in [5.41, 5.74) is 8.37. The molecule has 0 aromatic heterocycles. The van der Waals surface area contributed by atoms with Gasteiger partial charge in [-0.25, -0.2) is 0 Å². The van der Waals surface area contributed by atoms with Gasteiger partial charge in [-0.3, -0.25) is 0 Å². The van der Waals surface area contributed by atoms with Crippen LogP contribution in [0, 0.1) is 11.3 Å². The van der Waals surface area contributed by atoms with Gasteiger partial charge < -0.3 is 5.73 Å². The molecule has 106 valence electrons. The van der Waals surface area contributed by atoms with Gasteiger partial charge in [0.2, 0.25) is 0 Å². The van der Waals surface area contributed by atoms with Crippen molar-refractivity contribution in [1.82, 2.24) is 0 Å². The summed E-state index contributed by atoms with van der Waals surface area (Å²) < 4.78 is 0. The first-order valence-electron chi connectivity index (χ1n) is 7.67. The van der Waals surface area contributed by atoms with E-state index in [1.54, 1.807) is 0 Å². The monoisotopic (exact) mass is 267 g/mol. The molecule has 0 aliphatic heterocycles. The van der Waals surface area contributed by atoms with Crippen molar-refractivity contribution in [3.63, 3.8) is 0 Å². The van der Waals surface area contributed by atoms with E-state index in [9.17, 15) is 0 Å². The average Bonchev–Trinajstić information content (AvgIpc) is 2.35. The summed E-state index contributed by atoms with van der Waals surface area (Å²) in [4.78, 5) is 0. The van der Waals surface area contributed by atoms with E-state index in [1.165, 1.54) is 22.8 Å². The summed E-state index contributed by atoms with van der Waals surface area (Å²) in [6.07, 6.45) is 3.43. The summed E-state index contributed by atoms with van der Waals surface area (Å²) in [6.45, 7) is 7.05. The van der Waals surface area contributed by atoms with E-state index in [1.807, 2.05) is 0 Å². The topological polar surface area (TPSA) is 26.0 Å². The van der Waals surface area contributed by atoms with Gasteiger partial charge in [0, 0.05) is 5.54 Å². The fourth-order valence-electron chi connectivity index (χ4n) is 4.50. The Morgan fingerprint density at radius 2 is 1.70 bits per heavy atom. The molecule has 1 aliphatic rings. The van der Waals surface area contributed by atoms with Gasteiger partial charge in [-0.05, 0) is 46.9 Å². The molecule has 1 saturated carbocycles. The van der Waals surface area contributed by atoms with E-state index >= 15 is 0 Å². The summed E-state index contributed by atoms with van der Waals surface area (Å²) in [6, 6.07) is 15.2. The van der Waals surface area contributed by atoms with Crippen molar-refractivity contribution in [3.8, 4) is 0 Å². The zero-order valence-electron chi connectivity index (χ0n) is 12.8. The normalized spacial score (nSPS) is 29.5. The van der Waals surface area contributed by atoms with Crippen LogP contribution in [-0.2, 0) is 5.54 Å². The van der Waals surface area contributed by atoms with Crippen molar-refractivity contribution in [1.29, 1.82) is 0 Å². The van der Waals surface area contributed by atoms with Crippen molar-refractivity contribution >= 4 is 10.8 Å². The summed E-state index contributed by atoms with van der Waals surface area (Å²) in [5.74, 6) is 0.683. The smallest absolute Gasteiger partial charge is 0.0423 e. The fourth-order valence-corrected chi connectivity index (χ4v) is 4.50. The van der Waals surface area contributed by atoms with Crippen molar-refractivity contribution in [2.45, 2.75) is 45.6 Å². The molecule has 1 heteroatoms. The minimum Gasteiger partial charge on any atom is -0.321 e. The molecular formula is C19H25N. The first-order valence-corrected chi connectivity index (χ1v) is 7.67. The van der Waals surface area contributed by atoms with Gasteiger partial charge in [-0.2, -0.15) is 0 Å². The molecule has 2 unspecified atom stereocenters. The average molecular weight is 267 g/mol. The van der Waals surface area contributed by atoms with Crippen molar-refractivity contribution in [2.75, 3.05) is 0 Å². The van der Waals surface area contributed by atoms with Crippen LogP contribution in [0.1, 0.15) is 45.6 Å². The molecule has 0 saturated heterocycles. The first kappa shape index (κ1) is 13.6. The molecule has 2 atom stereocenters. The lowest BCUT2D eigenvalue weighted by Gasteiger charge is -2.46. The van der Waals surface area contributed by atoms with Crippen LogP contribution in [0.5, 0.6) is 0 Å². The Hall–Kier alpha value is -1.34. The van der Waals surface area contributed by atoms with Crippen LogP contribution < -0.4 is 5.73 Å². The highest BCUT2D eigenvalue weighted by atomic mass is 14.8. The zero-order chi connectivity index (χ0) is 14.4. The lowest BCUT2D eigenvalue weighted by atomic mass is 9.62. The highest BCUT2D eigenvalue weighted by Crippen LogP contribution is 2.48. The number of rotatable bonds is 1. The van der Waals surface area contributed by atoms with Crippen molar-refractivity contribution < 1.29 is 0 Å². The third kappa shape index (κ3) is 2.35. The van der Waals surface area contributed by atoms with Gasteiger partial charge in [0.1, 0.15) is 0 Å². The highest BCUT2D eigenvalue weighted by Gasteiger charge is 2.41. The Balaban J connectivity index is 2.14.